The van der Waals surface area contributed by atoms with Gasteiger partial charge in [0.15, 0.2) is 0 Å². The van der Waals surface area contributed by atoms with Crippen molar-refractivity contribution in [3.8, 4) is 5.75 Å². The van der Waals surface area contributed by atoms with Crippen LogP contribution in [0, 0.1) is 5.92 Å². The molecule has 1 aromatic rings. The monoisotopic (exact) mass is 289 g/mol. The van der Waals surface area contributed by atoms with Gasteiger partial charge in [0, 0.05) is 18.7 Å². The van der Waals surface area contributed by atoms with Crippen molar-refractivity contribution in [3.05, 3.63) is 29.8 Å². The Morgan fingerprint density at radius 1 is 1.29 bits per heavy atom. The van der Waals surface area contributed by atoms with Crippen LogP contribution in [0.4, 0.5) is 0 Å². The second-order valence-electron chi connectivity index (χ2n) is 6.51. The fourth-order valence-corrected chi connectivity index (χ4v) is 3.83. The molecule has 1 aliphatic carbocycles. The number of methoxy groups -OCH3 is 1. The Labute approximate surface area is 128 Å². The number of benzene rings is 1. The Morgan fingerprint density at radius 2 is 2.05 bits per heavy atom. The van der Waals surface area contributed by atoms with E-state index in [-0.39, 0.29) is 11.7 Å². The maximum absolute atomic E-state index is 6.59. The molecule has 3 nitrogen and oxygen atoms in total. The van der Waals surface area contributed by atoms with Gasteiger partial charge in [-0.1, -0.05) is 31.5 Å². The molecule has 1 aromatic carbocycles. The lowest BCUT2D eigenvalue weighted by Gasteiger charge is -2.46. The first-order valence-electron chi connectivity index (χ1n) is 8.28. The quantitative estimate of drug-likeness (QED) is 0.920. The van der Waals surface area contributed by atoms with Crippen LogP contribution in [-0.4, -0.2) is 25.8 Å². The van der Waals surface area contributed by atoms with E-state index in [0.29, 0.717) is 0 Å². The van der Waals surface area contributed by atoms with Crippen molar-refractivity contribution in [1.82, 2.24) is 5.32 Å². The number of hydrogen-bond donors (Lipinski definition) is 1. The van der Waals surface area contributed by atoms with Crippen molar-refractivity contribution in [2.24, 2.45) is 5.92 Å². The van der Waals surface area contributed by atoms with Gasteiger partial charge in [0.05, 0.1) is 18.8 Å². The molecule has 0 aromatic heterocycles. The van der Waals surface area contributed by atoms with Gasteiger partial charge in [-0.3, -0.25) is 0 Å². The van der Waals surface area contributed by atoms with Gasteiger partial charge in [-0.05, 0) is 37.7 Å². The van der Waals surface area contributed by atoms with E-state index in [9.17, 15) is 0 Å². The van der Waals surface area contributed by atoms with Crippen LogP contribution < -0.4 is 10.1 Å². The summed E-state index contributed by atoms with van der Waals surface area (Å²) in [6.45, 7) is 4.18. The molecule has 2 fully saturated rings. The molecule has 3 heteroatoms. The molecule has 1 spiro atoms. The molecule has 1 unspecified atom stereocenters. The van der Waals surface area contributed by atoms with Gasteiger partial charge < -0.3 is 14.8 Å². The fourth-order valence-electron chi connectivity index (χ4n) is 3.83. The highest BCUT2D eigenvalue weighted by atomic mass is 16.5. The number of rotatable bonds is 3. The third-order valence-electron chi connectivity index (χ3n) is 5.25. The van der Waals surface area contributed by atoms with E-state index < -0.39 is 0 Å². The normalized spacial score (nSPS) is 33.0. The van der Waals surface area contributed by atoms with Gasteiger partial charge in [0.25, 0.3) is 0 Å². The Balaban J connectivity index is 1.74. The average Bonchev–Trinajstić information content (AvgIpc) is 2.56. The van der Waals surface area contributed by atoms with Gasteiger partial charge in [-0.15, -0.1) is 0 Å². The summed E-state index contributed by atoms with van der Waals surface area (Å²) in [6.07, 6.45) is 6.38. The van der Waals surface area contributed by atoms with Crippen LogP contribution in [0.2, 0.25) is 0 Å². The molecule has 1 heterocycles. The van der Waals surface area contributed by atoms with E-state index in [1.54, 1.807) is 7.11 Å². The first kappa shape index (κ1) is 14.9. The molecule has 0 radical (unpaired) electrons. The minimum Gasteiger partial charge on any atom is -0.496 e. The van der Waals surface area contributed by atoms with E-state index in [0.717, 1.165) is 24.8 Å². The number of morpholine rings is 1. The van der Waals surface area contributed by atoms with Crippen molar-refractivity contribution in [3.63, 3.8) is 0 Å². The second kappa shape index (κ2) is 6.37. The van der Waals surface area contributed by atoms with Gasteiger partial charge in [-0.25, -0.2) is 0 Å². The maximum atomic E-state index is 6.59. The zero-order valence-electron chi connectivity index (χ0n) is 13.2. The second-order valence-corrected chi connectivity index (χ2v) is 6.51. The van der Waals surface area contributed by atoms with E-state index in [1.807, 2.05) is 12.1 Å². The zero-order valence-corrected chi connectivity index (χ0v) is 13.2. The van der Waals surface area contributed by atoms with Crippen LogP contribution in [0.1, 0.15) is 50.7 Å². The smallest absolute Gasteiger partial charge is 0.124 e. The van der Waals surface area contributed by atoms with E-state index in [1.165, 1.54) is 37.7 Å². The predicted octanol–water partition coefficient (Wildman–Crippen LogP) is 3.70. The summed E-state index contributed by atoms with van der Waals surface area (Å²) in [4.78, 5) is 0. The molecule has 0 bridgehead atoms. The number of nitrogens with one attached hydrogen (secondary N) is 1. The minimum atomic E-state index is 0.0371. The van der Waals surface area contributed by atoms with Gasteiger partial charge >= 0.3 is 0 Å². The number of ether oxygens (including phenoxy) is 2. The largest absolute Gasteiger partial charge is 0.496 e. The molecule has 1 aliphatic heterocycles. The SMILES string of the molecule is CCC1CCC2(CC1)CNCC(c1ccccc1OC)O2. The highest BCUT2D eigenvalue weighted by Gasteiger charge is 2.41. The maximum Gasteiger partial charge on any atom is 0.124 e. The predicted molar refractivity (Wildman–Crippen MR) is 84.7 cm³/mol. The van der Waals surface area contributed by atoms with E-state index in [4.69, 9.17) is 9.47 Å². The standard InChI is InChI=1S/C18H27NO2/c1-3-14-8-10-18(11-9-14)13-19-12-17(21-18)15-6-4-5-7-16(15)20-2/h4-7,14,17,19H,3,8-13H2,1-2H3. The molecule has 3 rings (SSSR count). The zero-order chi connectivity index (χ0) is 14.7. The Kier molecular flexibility index (Phi) is 4.51. The Morgan fingerprint density at radius 3 is 2.76 bits per heavy atom. The molecule has 1 saturated heterocycles. The first-order valence-corrected chi connectivity index (χ1v) is 8.28. The molecular formula is C18H27NO2. The first-order chi connectivity index (χ1) is 10.3. The molecule has 0 amide bonds. The van der Waals surface area contributed by atoms with Crippen LogP contribution in [-0.2, 0) is 4.74 Å². The van der Waals surface area contributed by atoms with Gasteiger partial charge in [0.2, 0.25) is 0 Å². The summed E-state index contributed by atoms with van der Waals surface area (Å²) < 4.78 is 12.1. The van der Waals surface area contributed by atoms with Gasteiger partial charge in [-0.2, -0.15) is 0 Å². The summed E-state index contributed by atoms with van der Waals surface area (Å²) in [6, 6.07) is 8.23. The van der Waals surface area contributed by atoms with Crippen LogP contribution in [0.3, 0.4) is 0 Å². The van der Waals surface area contributed by atoms with Crippen molar-refractivity contribution in [2.45, 2.75) is 50.7 Å². The van der Waals surface area contributed by atoms with Crippen LogP contribution in [0.15, 0.2) is 24.3 Å². The molecule has 1 N–H and O–H groups in total. The van der Waals surface area contributed by atoms with E-state index >= 15 is 0 Å². The Bertz CT molecular complexity index is 466. The lowest BCUT2D eigenvalue weighted by molar-refractivity contribution is -0.141. The Hall–Kier alpha value is -1.06. The van der Waals surface area contributed by atoms with Crippen molar-refractivity contribution >= 4 is 0 Å². The number of hydrogen-bond acceptors (Lipinski definition) is 3. The molecule has 2 aliphatic rings. The lowest BCUT2D eigenvalue weighted by atomic mass is 9.77. The van der Waals surface area contributed by atoms with Crippen LogP contribution in [0.5, 0.6) is 5.75 Å². The molecule has 1 atom stereocenters. The summed E-state index contributed by atoms with van der Waals surface area (Å²) in [5, 5.41) is 3.60. The average molecular weight is 289 g/mol. The summed E-state index contributed by atoms with van der Waals surface area (Å²) >= 11 is 0. The summed E-state index contributed by atoms with van der Waals surface area (Å²) in [7, 11) is 1.73. The van der Waals surface area contributed by atoms with E-state index in [2.05, 4.69) is 24.4 Å². The topological polar surface area (TPSA) is 30.5 Å². The number of para-hydroxylation sites is 1. The fraction of sp³-hybridized carbons (Fsp3) is 0.667. The lowest BCUT2D eigenvalue weighted by Crippen LogP contribution is -2.52. The third kappa shape index (κ3) is 3.09. The molecule has 116 valence electrons. The van der Waals surface area contributed by atoms with Gasteiger partial charge in [0.1, 0.15) is 5.75 Å². The van der Waals surface area contributed by atoms with Crippen LogP contribution >= 0.6 is 0 Å². The summed E-state index contributed by atoms with van der Waals surface area (Å²) in [5.41, 5.74) is 1.21. The van der Waals surface area contributed by atoms with Crippen molar-refractivity contribution in [1.29, 1.82) is 0 Å². The third-order valence-corrected chi connectivity index (χ3v) is 5.25. The highest BCUT2D eigenvalue weighted by Crippen LogP contribution is 2.42. The summed E-state index contributed by atoms with van der Waals surface area (Å²) in [5.74, 6) is 1.83. The molecule has 21 heavy (non-hydrogen) atoms. The molecular weight excluding hydrogens is 262 g/mol. The molecule has 1 saturated carbocycles. The van der Waals surface area contributed by atoms with Crippen LogP contribution in [0.25, 0.3) is 0 Å². The minimum absolute atomic E-state index is 0.0371. The highest BCUT2D eigenvalue weighted by molar-refractivity contribution is 5.35. The van der Waals surface area contributed by atoms with Crippen molar-refractivity contribution in [2.75, 3.05) is 20.2 Å². The van der Waals surface area contributed by atoms with Crippen molar-refractivity contribution < 1.29 is 9.47 Å².